The minimum atomic E-state index is 0.273. The van der Waals surface area contributed by atoms with Gasteiger partial charge in [-0.05, 0) is 39.0 Å². The van der Waals surface area contributed by atoms with Crippen molar-refractivity contribution in [2.24, 2.45) is 0 Å². The van der Waals surface area contributed by atoms with E-state index in [2.05, 4.69) is 23.3 Å². The Labute approximate surface area is 102 Å². The fourth-order valence-corrected chi connectivity index (χ4v) is 1.95. The van der Waals surface area contributed by atoms with Crippen LogP contribution >= 0.6 is 0 Å². The van der Waals surface area contributed by atoms with Crippen molar-refractivity contribution in [1.29, 1.82) is 0 Å². The van der Waals surface area contributed by atoms with Crippen LogP contribution in [-0.2, 0) is 6.54 Å². The largest absolute Gasteiger partial charge is 0.466 e. The Hall–Kier alpha value is -1.61. The van der Waals surface area contributed by atoms with E-state index in [1.807, 2.05) is 38.2 Å². The fraction of sp³-hybridized carbons (Fsp3) is 0.357. The first-order chi connectivity index (χ1) is 8.16. The molecule has 2 heterocycles. The molecule has 0 amide bonds. The molecule has 0 aliphatic heterocycles. The maximum absolute atomic E-state index is 5.53. The highest BCUT2D eigenvalue weighted by atomic mass is 16.3. The zero-order valence-corrected chi connectivity index (χ0v) is 10.5. The van der Waals surface area contributed by atoms with E-state index < -0.39 is 0 Å². The summed E-state index contributed by atoms with van der Waals surface area (Å²) in [5.74, 6) is 1.95. The quantitative estimate of drug-likeness (QED) is 0.876. The average molecular weight is 230 g/mol. The Morgan fingerprint density at radius 2 is 2.18 bits per heavy atom. The molecule has 0 aliphatic rings. The first-order valence-electron chi connectivity index (χ1n) is 5.87. The lowest BCUT2D eigenvalue weighted by Crippen LogP contribution is -2.18. The van der Waals surface area contributed by atoms with Crippen LogP contribution in [0.5, 0.6) is 0 Å². The van der Waals surface area contributed by atoms with Crippen molar-refractivity contribution in [3.63, 3.8) is 0 Å². The summed E-state index contributed by atoms with van der Waals surface area (Å²) in [6, 6.07) is 8.31. The van der Waals surface area contributed by atoms with Crippen LogP contribution in [0.3, 0.4) is 0 Å². The highest BCUT2D eigenvalue weighted by Gasteiger charge is 2.11. The molecule has 2 aromatic rings. The summed E-state index contributed by atoms with van der Waals surface area (Å²) in [6.07, 6.45) is 1.81. The van der Waals surface area contributed by atoms with Crippen LogP contribution in [-0.4, -0.2) is 4.98 Å². The van der Waals surface area contributed by atoms with Crippen LogP contribution in [0.4, 0.5) is 0 Å². The van der Waals surface area contributed by atoms with Gasteiger partial charge in [0.25, 0.3) is 0 Å². The lowest BCUT2D eigenvalue weighted by atomic mass is 10.1. The molecule has 1 N–H and O–H groups in total. The van der Waals surface area contributed by atoms with E-state index in [9.17, 15) is 0 Å². The SMILES string of the molecule is Cc1cc(C(C)NCc2ccccn2)c(C)o1. The second-order valence-corrected chi connectivity index (χ2v) is 4.29. The van der Waals surface area contributed by atoms with Crippen molar-refractivity contribution in [3.05, 3.63) is 53.2 Å². The highest BCUT2D eigenvalue weighted by molar-refractivity contribution is 5.23. The Balaban J connectivity index is 1.98. The normalized spacial score (nSPS) is 12.6. The Morgan fingerprint density at radius 1 is 1.35 bits per heavy atom. The highest BCUT2D eigenvalue weighted by Crippen LogP contribution is 2.21. The van der Waals surface area contributed by atoms with E-state index in [0.29, 0.717) is 0 Å². The van der Waals surface area contributed by atoms with Gasteiger partial charge in [0.2, 0.25) is 0 Å². The molecule has 3 nitrogen and oxygen atoms in total. The second kappa shape index (κ2) is 5.15. The maximum Gasteiger partial charge on any atom is 0.105 e. The summed E-state index contributed by atoms with van der Waals surface area (Å²) >= 11 is 0. The molecule has 2 rings (SSSR count). The molecule has 0 spiro atoms. The van der Waals surface area contributed by atoms with Gasteiger partial charge in [0.1, 0.15) is 11.5 Å². The number of rotatable bonds is 4. The van der Waals surface area contributed by atoms with E-state index in [0.717, 1.165) is 23.8 Å². The molecule has 1 atom stereocenters. The fourth-order valence-electron chi connectivity index (χ4n) is 1.95. The molecule has 0 fully saturated rings. The third-order valence-corrected chi connectivity index (χ3v) is 2.86. The van der Waals surface area contributed by atoms with E-state index >= 15 is 0 Å². The van der Waals surface area contributed by atoms with Gasteiger partial charge in [0.05, 0.1) is 5.69 Å². The number of nitrogens with one attached hydrogen (secondary N) is 1. The summed E-state index contributed by atoms with van der Waals surface area (Å²) in [4.78, 5) is 4.29. The van der Waals surface area contributed by atoms with Crippen molar-refractivity contribution >= 4 is 0 Å². The van der Waals surface area contributed by atoms with E-state index in [1.165, 1.54) is 5.56 Å². The van der Waals surface area contributed by atoms with Crippen LogP contribution in [0.25, 0.3) is 0 Å². The molecule has 0 aromatic carbocycles. The number of aryl methyl sites for hydroxylation is 2. The van der Waals surface area contributed by atoms with Crippen LogP contribution in [0.15, 0.2) is 34.9 Å². The molecular formula is C14H18N2O. The minimum Gasteiger partial charge on any atom is -0.466 e. The summed E-state index contributed by atoms with van der Waals surface area (Å²) in [5, 5.41) is 3.45. The standard InChI is InChI=1S/C14H18N2O/c1-10-8-14(12(3)17-10)11(2)16-9-13-6-4-5-7-15-13/h4-8,11,16H,9H2,1-3H3. The predicted octanol–water partition coefficient (Wildman–Crippen LogP) is 3.14. The van der Waals surface area contributed by atoms with E-state index in [4.69, 9.17) is 4.42 Å². The molecule has 1 unspecified atom stereocenters. The third kappa shape index (κ3) is 2.94. The Kier molecular flexibility index (Phi) is 3.59. The van der Waals surface area contributed by atoms with Gasteiger partial charge in [-0.25, -0.2) is 0 Å². The molecule has 0 aliphatic carbocycles. The molecule has 0 saturated carbocycles. The van der Waals surface area contributed by atoms with Crippen LogP contribution in [0.2, 0.25) is 0 Å². The predicted molar refractivity (Wildman–Crippen MR) is 67.7 cm³/mol. The number of hydrogen-bond acceptors (Lipinski definition) is 3. The second-order valence-electron chi connectivity index (χ2n) is 4.29. The summed E-state index contributed by atoms with van der Waals surface area (Å²) < 4.78 is 5.53. The van der Waals surface area contributed by atoms with Gasteiger partial charge in [-0.2, -0.15) is 0 Å². The zero-order valence-electron chi connectivity index (χ0n) is 10.5. The summed E-state index contributed by atoms with van der Waals surface area (Å²) in [6.45, 7) is 6.88. The lowest BCUT2D eigenvalue weighted by Gasteiger charge is -2.12. The van der Waals surface area contributed by atoms with Gasteiger partial charge in [-0.1, -0.05) is 6.07 Å². The topological polar surface area (TPSA) is 38.1 Å². The van der Waals surface area contributed by atoms with Gasteiger partial charge in [-0.3, -0.25) is 4.98 Å². The van der Waals surface area contributed by atoms with Crippen LogP contribution < -0.4 is 5.32 Å². The average Bonchev–Trinajstić information content (AvgIpc) is 2.67. The number of hydrogen-bond donors (Lipinski definition) is 1. The molecule has 0 radical (unpaired) electrons. The first kappa shape index (κ1) is 11.9. The van der Waals surface area contributed by atoms with E-state index in [-0.39, 0.29) is 6.04 Å². The minimum absolute atomic E-state index is 0.273. The number of pyridine rings is 1. The first-order valence-corrected chi connectivity index (χ1v) is 5.87. The van der Waals surface area contributed by atoms with Gasteiger partial charge < -0.3 is 9.73 Å². The van der Waals surface area contributed by atoms with Gasteiger partial charge >= 0.3 is 0 Å². The van der Waals surface area contributed by atoms with Gasteiger partial charge in [-0.15, -0.1) is 0 Å². The van der Waals surface area contributed by atoms with Crippen molar-refractivity contribution in [2.75, 3.05) is 0 Å². The molecule has 0 bridgehead atoms. The Bertz CT molecular complexity index is 476. The van der Waals surface area contributed by atoms with Crippen molar-refractivity contribution in [1.82, 2.24) is 10.3 Å². The molecule has 90 valence electrons. The molecule has 2 aromatic heterocycles. The smallest absolute Gasteiger partial charge is 0.105 e. The van der Waals surface area contributed by atoms with E-state index in [1.54, 1.807) is 0 Å². The Morgan fingerprint density at radius 3 is 2.76 bits per heavy atom. The lowest BCUT2D eigenvalue weighted by molar-refractivity contribution is 0.489. The van der Waals surface area contributed by atoms with Crippen molar-refractivity contribution < 1.29 is 4.42 Å². The van der Waals surface area contributed by atoms with Crippen molar-refractivity contribution in [2.45, 2.75) is 33.4 Å². The molecular weight excluding hydrogens is 212 g/mol. The van der Waals surface area contributed by atoms with Crippen LogP contribution in [0.1, 0.15) is 35.7 Å². The number of furan rings is 1. The summed E-state index contributed by atoms with van der Waals surface area (Å²) in [7, 11) is 0. The molecule has 3 heteroatoms. The number of aromatic nitrogens is 1. The third-order valence-electron chi connectivity index (χ3n) is 2.86. The summed E-state index contributed by atoms with van der Waals surface area (Å²) in [5.41, 5.74) is 2.27. The van der Waals surface area contributed by atoms with Gasteiger partial charge in [0.15, 0.2) is 0 Å². The number of nitrogens with zero attached hydrogens (tertiary/aromatic N) is 1. The molecule has 0 saturated heterocycles. The molecule has 17 heavy (non-hydrogen) atoms. The maximum atomic E-state index is 5.53. The van der Waals surface area contributed by atoms with Crippen LogP contribution in [0, 0.1) is 13.8 Å². The van der Waals surface area contributed by atoms with Crippen molar-refractivity contribution in [3.8, 4) is 0 Å². The monoisotopic (exact) mass is 230 g/mol. The van der Waals surface area contributed by atoms with Gasteiger partial charge in [0, 0.05) is 24.3 Å². The zero-order chi connectivity index (χ0) is 12.3.